The summed E-state index contributed by atoms with van der Waals surface area (Å²) in [5.74, 6) is -0.355. The molecule has 36 heavy (non-hydrogen) atoms. The highest BCUT2D eigenvalue weighted by Gasteiger charge is 2.19. The summed E-state index contributed by atoms with van der Waals surface area (Å²) in [5.41, 5.74) is 10.3. The van der Waals surface area contributed by atoms with E-state index in [1.165, 1.54) is 0 Å². The predicted molar refractivity (Wildman–Crippen MR) is 141 cm³/mol. The molecule has 0 fully saturated rings. The molecule has 0 radical (unpaired) electrons. The van der Waals surface area contributed by atoms with Crippen LogP contribution in [0.5, 0.6) is 0 Å². The molecule has 5 N–H and O–H groups in total. The zero-order chi connectivity index (χ0) is 26.1. The number of nitrogens with one attached hydrogen (secondary N) is 2. The maximum atomic E-state index is 12.9. The van der Waals surface area contributed by atoms with Crippen molar-refractivity contribution in [2.45, 2.75) is 27.3 Å². The first-order valence-electron chi connectivity index (χ1n) is 11.8. The molecule has 0 heterocycles. The minimum Gasteiger partial charge on any atom is -0.462 e. The summed E-state index contributed by atoms with van der Waals surface area (Å²) in [6.45, 7) is 7.05. The molecule has 0 atom stereocenters. The van der Waals surface area contributed by atoms with Crippen molar-refractivity contribution in [1.29, 1.82) is 0 Å². The Hall–Kier alpha value is -4.33. The number of anilines is 1. The second kappa shape index (κ2) is 12.4. The predicted octanol–water partition coefficient (Wildman–Crippen LogP) is 4.62. The van der Waals surface area contributed by atoms with E-state index in [-0.39, 0.29) is 18.3 Å². The minimum atomic E-state index is -0.479. The number of rotatable bonds is 10. The SMILES string of the molecule is CCOC(=O)c1cc(C(=O)NCC(C)C)ccc1-c1ccccc1CNc1ccc(C(N)=NO)cc1. The van der Waals surface area contributed by atoms with Gasteiger partial charge < -0.3 is 26.3 Å². The number of hydrogen-bond acceptors (Lipinski definition) is 6. The smallest absolute Gasteiger partial charge is 0.338 e. The number of nitrogens with zero attached hydrogens (tertiary/aromatic N) is 1. The molecule has 8 heteroatoms. The summed E-state index contributed by atoms with van der Waals surface area (Å²) < 4.78 is 5.31. The molecule has 0 aromatic heterocycles. The first kappa shape index (κ1) is 26.3. The molecule has 0 bridgehead atoms. The first-order chi connectivity index (χ1) is 17.3. The summed E-state index contributed by atoms with van der Waals surface area (Å²) in [7, 11) is 0. The lowest BCUT2D eigenvalue weighted by Crippen LogP contribution is -2.27. The second-order valence-corrected chi connectivity index (χ2v) is 8.66. The number of benzene rings is 3. The zero-order valence-electron chi connectivity index (χ0n) is 20.7. The molecular weight excluding hydrogens is 456 g/mol. The molecule has 0 saturated carbocycles. The molecule has 3 rings (SSSR count). The highest BCUT2D eigenvalue weighted by Crippen LogP contribution is 2.29. The van der Waals surface area contributed by atoms with E-state index in [2.05, 4.69) is 15.8 Å². The average Bonchev–Trinajstić information content (AvgIpc) is 2.90. The maximum Gasteiger partial charge on any atom is 0.338 e. The van der Waals surface area contributed by atoms with Crippen molar-refractivity contribution >= 4 is 23.4 Å². The van der Waals surface area contributed by atoms with E-state index >= 15 is 0 Å². The van der Waals surface area contributed by atoms with Crippen LogP contribution in [0.4, 0.5) is 5.69 Å². The standard InChI is InChI=1S/C28H32N4O4/c1-4-36-28(34)25-15-20(27(33)31-16-18(2)3)11-14-24(25)23-8-6-5-7-21(23)17-30-22-12-9-19(10-13-22)26(29)32-35/h5-15,18,30,35H,4,16-17H2,1-3H3,(H2,29,32)(H,31,33). The minimum absolute atomic E-state index is 0.0414. The zero-order valence-corrected chi connectivity index (χ0v) is 20.7. The van der Waals surface area contributed by atoms with Crippen molar-refractivity contribution in [2.75, 3.05) is 18.5 Å². The van der Waals surface area contributed by atoms with E-state index in [1.54, 1.807) is 37.3 Å². The van der Waals surface area contributed by atoms with Crippen molar-refractivity contribution in [3.05, 3.63) is 89.0 Å². The Bertz CT molecular complexity index is 1240. The van der Waals surface area contributed by atoms with Gasteiger partial charge in [-0.1, -0.05) is 49.3 Å². The van der Waals surface area contributed by atoms with Gasteiger partial charge in [0.1, 0.15) is 0 Å². The lowest BCUT2D eigenvalue weighted by molar-refractivity contribution is 0.0527. The third kappa shape index (κ3) is 6.63. The molecule has 0 saturated heterocycles. The van der Waals surface area contributed by atoms with Gasteiger partial charge in [0.2, 0.25) is 0 Å². The van der Waals surface area contributed by atoms with E-state index in [4.69, 9.17) is 15.7 Å². The highest BCUT2D eigenvalue weighted by molar-refractivity contribution is 6.02. The Morgan fingerprint density at radius 1 is 1.00 bits per heavy atom. The van der Waals surface area contributed by atoms with Crippen molar-refractivity contribution in [2.24, 2.45) is 16.8 Å². The number of oxime groups is 1. The molecule has 0 spiro atoms. The number of esters is 1. The Labute approximate surface area is 211 Å². The molecular formula is C28H32N4O4. The lowest BCUT2D eigenvalue weighted by Gasteiger charge is -2.16. The topological polar surface area (TPSA) is 126 Å². The molecule has 0 aliphatic heterocycles. The van der Waals surface area contributed by atoms with Gasteiger partial charge in [-0.05, 0) is 65.9 Å². The number of hydrogen-bond donors (Lipinski definition) is 4. The van der Waals surface area contributed by atoms with Crippen LogP contribution in [0.3, 0.4) is 0 Å². The van der Waals surface area contributed by atoms with Crippen LogP contribution in [0, 0.1) is 5.92 Å². The lowest BCUT2D eigenvalue weighted by atomic mass is 9.93. The van der Waals surface area contributed by atoms with E-state index in [9.17, 15) is 9.59 Å². The van der Waals surface area contributed by atoms with E-state index < -0.39 is 5.97 Å². The van der Waals surface area contributed by atoms with Crippen LogP contribution < -0.4 is 16.4 Å². The summed E-state index contributed by atoms with van der Waals surface area (Å²) in [4.78, 5) is 25.5. The molecule has 8 nitrogen and oxygen atoms in total. The molecule has 0 unspecified atom stereocenters. The first-order valence-corrected chi connectivity index (χ1v) is 11.8. The van der Waals surface area contributed by atoms with Crippen LogP contribution >= 0.6 is 0 Å². The van der Waals surface area contributed by atoms with Gasteiger partial charge in [-0.3, -0.25) is 4.79 Å². The van der Waals surface area contributed by atoms with Crippen molar-refractivity contribution < 1.29 is 19.5 Å². The van der Waals surface area contributed by atoms with Crippen LogP contribution in [0.15, 0.2) is 71.9 Å². The molecule has 0 aliphatic rings. The summed E-state index contributed by atoms with van der Waals surface area (Å²) in [6, 6.07) is 20.1. The number of carbonyl (C=O) groups is 2. The number of nitrogens with two attached hydrogens (primary N) is 1. The van der Waals surface area contributed by atoms with Crippen LogP contribution in [0.25, 0.3) is 11.1 Å². The van der Waals surface area contributed by atoms with Crippen LogP contribution in [-0.4, -0.2) is 36.1 Å². The number of ether oxygens (including phenoxy) is 1. The molecule has 3 aromatic rings. The third-order valence-electron chi connectivity index (χ3n) is 5.53. The maximum absolute atomic E-state index is 12.9. The van der Waals surface area contributed by atoms with Gasteiger partial charge in [0.15, 0.2) is 5.84 Å². The van der Waals surface area contributed by atoms with Gasteiger partial charge in [0.05, 0.1) is 12.2 Å². The quantitative estimate of drug-likeness (QED) is 0.108. The summed E-state index contributed by atoms with van der Waals surface area (Å²) >= 11 is 0. The fourth-order valence-electron chi connectivity index (χ4n) is 3.65. The van der Waals surface area contributed by atoms with E-state index in [0.29, 0.717) is 41.3 Å². The average molecular weight is 489 g/mol. The van der Waals surface area contributed by atoms with Crippen molar-refractivity contribution in [3.8, 4) is 11.1 Å². The normalized spacial score (nSPS) is 11.3. The van der Waals surface area contributed by atoms with Crippen LogP contribution in [0.1, 0.15) is 52.6 Å². The van der Waals surface area contributed by atoms with Gasteiger partial charge in [-0.25, -0.2) is 4.79 Å². The van der Waals surface area contributed by atoms with Crippen molar-refractivity contribution in [1.82, 2.24) is 5.32 Å². The second-order valence-electron chi connectivity index (χ2n) is 8.66. The monoisotopic (exact) mass is 488 g/mol. The fraction of sp³-hybridized carbons (Fsp3) is 0.250. The van der Waals surface area contributed by atoms with Gasteiger partial charge >= 0.3 is 5.97 Å². The van der Waals surface area contributed by atoms with Gasteiger partial charge in [0, 0.05) is 29.9 Å². The van der Waals surface area contributed by atoms with Gasteiger partial charge in [0.25, 0.3) is 5.91 Å². The van der Waals surface area contributed by atoms with Crippen molar-refractivity contribution in [3.63, 3.8) is 0 Å². The Morgan fingerprint density at radius 2 is 1.69 bits per heavy atom. The van der Waals surface area contributed by atoms with Gasteiger partial charge in [-0.2, -0.15) is 0 Å². The highest BCUT2D eigenvalue weighted by atomic mass is 16.5. The van der Waals surface area contributed by atoms with Crippen LogP contribution in [0.2, 0.25) is 0 Å². The number of amidine groups is 1. The third-order valence-corrected chi connectivity index (χ3v) is 5.53. The number of amides is 1. The van der Waals surface area contributed by atoms with Gasteiger partial charge in [-0.15, -0.1) is 0 Å². The van der Waals surface area contributed by atoms with Crippen LogP contribution in [-0.2, 0) is 11.3 Å². The molecule has 0 aliphatic carbocycles. The molecule has 188 valence electrons. The van der Waals surface area contributed by atoms with E-state index in [1.807, 2.05) is 50.2 Å². The Kier molecular flexibility index (Phi) is 9.05. The fourth-order valence-corrected chi connectivity index (χ4v) is 3.65. The van der Waals surface area contributed by atoms with E-state index in [0.717, 1.165) is 16.8 Å². The number of carbonyl (C=O) groups excluding carboxylic acids is 2. The largest absolute Gasteiger partial charge is 0.462 e. The summed E-state index contributed by atoms with van der Waals surface area (Å²) in [6.07, 6.45) is 0. The molecule has 1 amide bonds. The Morgan fingerprint density at radius 3 is 2.36 bits per heavy atom. The Balaban J connectivity index is 1.91. The summed E-state index contributed by atoms with van der Waals surface area (Å²) in [5, 5.41) is 18.1. The molecule has 3 aromatic carbocycles.